The first kappa shape index (κ1) is 18.5. The van der Waals surface area contributed by atoms with Crippen LogP contribution in [0, 0.1) is 0 Å². The van der Waals surface area contributed by atoms with Crippen LogP contribution in [0.5, 0.6) is 11.5 Å². The minimum atomic E-state index is -0.883. The highest BCUT2D eigenvalue weighted by Crippen LogP contribution is 2.24. The Bertz CT molecular complexity index is 808. The molecule has 130 valence electrons. The van der Waals surface area contributed by atoms with E-state index in [1.807, 2.05) is 0 Å². The molecule has 0 heterocycles. The van der Waals surface area contributed by atoms with E-state index in [1.54, 1.807) is 49.6 Å². The van der Waals surface area contributed by atoms with E-state index in [0.29, 0.717) is 17.2 Å². The quantitative estimate of drug-likeness (QED) is 0.454. The first-order valence-corrected chi connectivity index (χ1v) is 7.94. The molecular formula is C17H16BrN3O4. The first-order chi connectivity index (χ1) is 12.0. The number of rotatable bonds is 5. The summed E-state index contributed by atoms with van der Waals surface area (Å²) in [6, 6.07) is 12.0. The van der Waals surface area contributed by atoms with Gasteiger partial charge in [-0.2, -0.15) is 5.10 Å². The zero-order chi connectivity index (χ0) is 18.2. The minimum Gasteiger partial charge on any atom is -0.497 e. The van der Waals surface area contributed by atoms with Gasteiger partial charge in [-0.05, 0) is 51.8 Å². The number of methoxy groups -OCH3 is 2. The second-order valence-electron chi connectivity index (χ2n) is 4.78. The fraction of sp³-hybridized carbons (Fsp3) is 0.118. The Balaban J connectivity index is 1.92. The van der Waals surface area contributed by atoms with Gasteiger partial charge in [0, 0.05) is 11.8 Å². The lowest BCUT2D eigenvalue weighted by molar-refractivity contribution is -0.136. The van der Waals surface area contributed by atoms with Crippen molar-refractivity contribution >= 4 is 39.6 Å². The molecule has 2 amide bonds. The summed E-state index contributed by atoms with van der Waals surface area (Å²) in [6.45, 7) is 0. The monoisotopic (exact) mass is 405 g/mol. The lowest BCUT2D eigenvalue weighted by atomic mass is 10.2. The van der Waals surface area contributed by atoms with Crippen LogP contribution in [-0.4, -0.2) is 32.2 Å². The van der Waals surface area contributed by atoms with Crippen LogP contribution in [0.2, 0.25) is 0 Å². The number of nitrogens with one attached hydrogen (secondary N) is 2. The fourth-order valence-electron chi connectivity index (χ4n) is 1.87. The van der Waals surface area contributed by atoms with E-state index >= 15 is 0 Å². The molecule has 2 rings (SSSR count). The highest BCUT2D eigenvalue weighted by molar-refractivity contribution is 9.10. The topological polar surface area (TPSA) is 89.0 Å². The average molecular weight is 406 g/mol. The summed E-state index contributed by atoms with van der Waals surface area (Å²) in [5.41, 5.74) is 3.34. The summed E-state index contributed by atoms with van der Waals surface area (Å²) in [5, 5.41) is 6.22. The lowest BCUT2D eigenvalue weighted by Gasteiger charge is -2.06. The number of hydrogen-bond acceptors (Lipinski definition) is 5. The molecule has 0 spiro atoms. The van der Waals surface area contributed by atoms with Crippen molar-refractivity contribution in [1.82, 2.24) is 5.43 Å². The van der Waals surface area contributed by atoms with Crippen molar-refractivity contribution in [1.29, 1.82) is 0 Å². The summed E-state index contributed by atoms with van der Waals surface area (Å²) in [6.07, 6.45) is 1.42. The van der Waals surface area contributed by atoms with Crippen molar-refractivity contribution < 1.29 is 19.1 Å². The van der Waals surface area contributed by atoms with Gasteiger partial charge >= 0.3 is 11.8 Å². The minimum absolute atomic E-state index is 0.447. The Morgan fingerprint density at radius 3 is 2.56 bits per heavy atom. The maximum absolute atomic E-state index is 11.8. The van der Waals surface area contributed by atoms with Crippen molar-refractivity contribution in [3.63, 3.8) is 0 Å². The van der Waals surface area contributed by atoms with Crippen LogP contribution in [0.25, 0.3) is 0 Å². The number of carbonyl (C=O) groups is 2. The number of hydrazone groups is 1. The maximum Gasteiger partial charge on any atom is 0.329 e. The van der Waals surface area contributed by atoms with E-state index < -0.39 is 11.8 Å². The smallest absolute Gasteiger partial charge is 0.329 e. The second-order valence-corrected chi connectivity index (χ2v) is 5.63. The number of halogens is 1. The molecule has 25 heavy (non-hydrogen) atoms. The van der Waals surface area contributed by atoms with Gasteiger partial charge in [0.15, 0.2) is 0 Å². The lowest BCUT2D eigenvalue weighted by Crippen LogP contribution is -2.32. The summed E-state index contributed by atoms with van der Waals surface area (Å²) in [5.74, 6) is -0.465. The first-order valence-electron chi connectivity index (χ1n) is 7.15. The zero-order valence-corrected chi connectivity index (χ0v) is 15.2. The third kappa shape index (κ3) is 5.32. The van der Waals surface area contributed by atoms with Crippen LogP contribution in [0.1, 0.15) is 5.56 Å². The van der Waals surface area contributed by atoms with E-state index in [0.717, 1.165) is 10.0 Å². The molecule has 0 aliphatic carbocycles. The number of carbonyl (C=O) groups excluding carboxylic acids is 2. The van der Waals surface area contributed by atoms with Gasteiger partial charge in [-0.3, -0.25) is 9.59 Å². The Morgan fingerprint density at radius 2 is 1.88 bits per heavy atom. The predicted octanol–water partition coefficient (Wildman–Crippen LogP) is 2.56. The molecule has 0 atom stereocenters. The fourth-order valence-corrected chi connectivity index (χ4v) is 2.43. The largest absolute Gasteiger partial charge is 0.497 e. The second kappa shape index (κ2) is 8.84. The molecule has 0 bridgehead atoms. The molecule has 0 radical (unpaired) electrons. The Morgan fingerprint density at radius 1 is 1.08 bits per heavy atom. The van der Waals surface area contributed by atoms with Gasteiger partial charge in [0.25, 0.3) is 0 Å². The third-order valence-corrected chi connectivity index (χ3v) is 3.71. The highest BCUT2D eigenvalue weighted by Gasteiger charge is 2.13. The van der Waals surface area contributed by atoms with Gasteiger partial charge in [-0.25, -0.2) is 5.43 Å². The van der Waals surface area contributed by atoms with Crippen LogP contribution in [0.4, 0.5) is 5.69 Å². The Hall–Kier alpha value is -2.87. The van der Waals surface area contributed by atoms with Gasteiger partial charge < -0.3 is 14.8 Å². The normalized spacial score (nSPS) is 10.4. The van der Waals surface area contributed by atoms with Gasteiger partial charge in [-0.15, -0.1) is 0 Å². The summed E-state index contributed by atoms with van der Waals surface area (Å²) >= 11 is 3.35. The van der Waals surface area contributed by atoms with Crippen molar-refractivity contribution in [2.24, 2.45) is 5.10 Å². The predicted molar refractivity (Wildman–Crippen MR) is 98.1 cm³/mol. The van der Waals surface area contributed by atoms with Gasteiger partial charge in [0.1, 0.15) is 11.5 Å². The van der Waals surface area contributed by atoms with Crippen molar-refractivity contribution in [3.05, 3.63) is 52.5 Å². The molecule has 2 aromatic rings. The van der Waals surface area contributed by atoms with Crippen LogP contribution < -0.4 is 20.2 Å². The molecule has 0 saturated carbocycles. The molecule has 7 nitrogen and oxygen atoms in total. The molecule has 8 heteroatoms. The molecule has 0 saturated heterocycles. The van der Waals surface area contributed by atoms with Crippen LogP contribution >= 0.6 is 15.9 Å². The van der Waals surface area contributed by atoms with Crippen molar-refractivity contribution in [2.75, 3.05) is 19.5 Å². The van der Waals surface area contributed by atoms with Gasteiger partial charge in [-0.1, -0.05) is 6.07 Å². The van der Waals surface area contributed by atoms with E-state index in [-0.39, 0.29) is 0 Å². The standard InChI is InChI=1S/C17H16BrN3O4/c1-24-13-5-3-4-12(9-13)20-16(22)17(23)21-19-10-11-6-7-15(25-2)14(18)8-11/h3-10H,1-2H3,(H,20,22)(H,21,23)/b19-10-. The number of hydrogen-bond donors (Lipinski definition) is 2. The van der Waals surface area contributed by atoms with E-state index in [9.17, 15) is 9.59 Å². The van der Waals surface area contributed by atoms with Crippen LogP contribution in [0.15, 0.2) is 52.0 Å². The molecular weight excluding hydrogens is 390 g/mol. The molecule has 0 aromatic heterocycles. The molecule has 0 aliphatic rings. The van der Waals surface area contributed by atoms with Crippen molar-refractivity contribution in [3.8, 4) is 11.5 Å². The van der Waals surface area contributed by atoms with Gasteiger partial charge in [0.2, 0.25) is 0 Å². The zero-order valence-electron chi connectivity index (χ0n) is 13.6. The van der Waals surface area contributed by atoms with Crippen LogP contribution in [0.3, 0.4) is 0 Å². The number of ether oxygens (including phenoxy) is 2. The molecule has 0 fully saturated rings. The Labute approximate surface area is 153 Å². The molecule has 2 aromatic carbocycles. The number of amides is 2. The van der Waals surface area contributed by atoms with Crippen molar-refractivity contribution in [2.45, 2.75) is 0 Å². The summed E-state index contributed by atoms with van der Waals surface area (Å²) in [7, 11) is 3.08. The number of benzene rings is 2. The average Bonchev–Trinajstić information content (AvgIpc) is 2.62. The summed E-state index contributed by atoms with van der Waals surface area (Å²) < 4.78 is 10.9. The molecule has 2 N–H and O–H groups in total. The van der Waals surface area contributed by atoms with Crippen LogP contribution in [-0.2, 0) is 9.59 Å². The molecule has 0 unspecified atom stereocenters. The summed E-state index contributed by atoms with van der Waals surface area (Å²) in [4.78, 5) is 23.6. The van der Waals surface area contributed by atoms with Gasteiger partial charge in [0.05, 0.1) is 24.9 Å². The molecule has 0 aliphatic heterocycles. The highest BCUT2D eigenvalue weighted by atomic mass is 79.9. The SMILES string of the molecule is COc1cccc(NC(=O)C(=O)N/N=C\c2ccc(OC)c(Br)c2)c1. The van der Waals surface area contributed by atoms with E-state index in [1.165, 1.54) is 13.3 Å². The van der Waals surface area contributed by atoms with E-state index in [4.69, 9.17) is 9.47 Å². The number of anilines is 1. The maximum atomic E-state index is 11.8. The third-order valence-electron chi connectivity index (χ3n) is 3.09. The van der Waals surface area contributed by atoms with E-state index in [2.05, 4.69) is 31.8 Å². The number of nitrogens with zero attached hydrogens (tertiary/aromatic N) is 1. The Kier molecular flexibility index (Phi) is 6.53.